The topological polar surface area (TPSA) is 94.9 Å². The van der Waals surface area contributed by atoms with E-state index in [0.29, 0.717) is 12.1 Å². The minimum Gasteiger partial charge on any atom is -0.493 e. The summed E-state index contributed by atoms with van der Waals surface area (Å²) in [4.78, 5) is 2.89. The van der Waals surface area contributed by atoms with Crippen LogP contribution >= 0.6 is 0 Å². The van der Waals surface area contributed by atoms with Gasteiger partial charge in [0.05, 0.1) is 22.6 Å². The molecule has 134 valence electrons. The molecule has 1 aromatic heterocycles. The van der Waals surface area contributed by atoms with E-state index in [-0.39, 0.29) is 17.4 Å². The Kier molecular flexibility index (Phi) is 3.84. The smallest absolute Gasteiger partial charge is 0.218 e. The van der Waals surface area contributed by atoms with Gasteiger partial charge in [-0.1, -0.05) is 36.4 Å². The molecule has 0 spiro atoms. The summed E-state index contributed by atoms with van der Waals surface area (Å²) < 4.78 is 23.5. The summed E-state index contributed by atoms with van der Waals surface area (Å²) in [6.45, 7) is 1.78. The number of aromatic nitrogens is 1. The van der Waals surface area contributed by atoms with Crippen LogP contribution in [0, 0.1) is 0 Å². The molecule has 3 aromatic rings. The van der Waals surface area contributed by atoms with Crippen molar-refractivity contribution in [2.75, 3.05) is 11.5 Å². The Labute approximate surface area is 151 Å². The molecule has 1 atom stereocenters. The van der Waals surface area contributed by atoms with Crippen molar-refractivity contribution in [3.05, 3.63) is 48.5 Å². The van der Waals surface area contributed by atoms with Crippen molar-refractivity contribution in [2.45, 2.75) is 18.9 Å². The van der Waals surface area contributed by atoms with Gasteiger partial charge in [-0.2, -0.15) is 5.11 Å². The van der Waals surface area contributed by atoms with Crippen molar-refractivity contribution < 1.29 is 13.5 Å². The maximum Gasteiger partial charge on any atom is 0.218 e. The van der Waals surface area contributed by atoms with Crippen LogP contribution in [0.5, 0.6) is 5.88 Å². The molecular formula is C19H19N3O3S. The maximum atomic E-state index is 11.7. The van der Waals surface area contributed by atoms with Crippen LogP contribution in [0.15, 0.2) is 58.8 Å². The molecule has 1 saturated heterocycles. The quantitative estimate of drug-likeness (QED) is 0.677. The van der Waals surface area contributed by atoms with Crippen molar-refractivity contribution in [1.82, 2.24) is 4.98 Å². The highest BCUT2D eigenvalue weighted by molar-refractivity contribution is 7.91. The fraction of sp³-hybridized carbons (Fsp3) is 0.263. The minimum atomic E-state index is -3.06. The third-order valence-corrected chi connectivity index (χ3v) is 6.62. The molecule has 2 N–H and O–H groups in total. The number of hydrogen-bond donors (Lipinski definition) is 2. The molecule has 1 aliphatic heterocycles. The van der Waals surface area contributed by atoms with Crippen LogP contribution in [0.25, 0.3) is 22.0 Å². The zero-order valence-electron chi connectivity index (χ0n) is 14.3. The molecule has 0 amide bonds. The normalized spacial score (nSPS) is 22.3. The molecule has 0 aliphatic carbocycles. The Bertz CT molecular complexity index is 1100. The number of rotatable bonds is 3. The van der Waals surface area contributed by atoms with Gasteiger partial charge in [-0.25, -0.2) is 8.42 Å². The first-order valence-corrected chi connectivity index (χ1v) is 10.2. The Hall–Kier alpha value is -2.67. The average Bonchev–Trinajstić information content (AvgIpc) is 3.08. The van der Waals surface area contributed by atoms with Crippen LogP contribution in [-0.2, 0) is 9.84 Å². The first-order valence-electron chi connectivity index (χ1n) is 8.39. The van der Waals surface area contributed by atoms with E-state index >= 15 is 0 Å². The summed E-state index contributed by atoms with van der Waals surface area (Å²) >= 11 is 0. The summed E-state index contributed by atoms with van der Waals surface area (Å²) in [7, 11) is -3.06. The Morgan fingerprint density at radius 1 is 1.12 bits per heavy atom. The van der Waals surface area contributed by atoms with E-state index in [1.54, 1.807) is 6.92 Å². The van der Waals surface area contributed by atoms with Gasteiger partial charge in [0, 0.05) is 5.39 Å². The molecule has 0 bridgehead atoms. The zero-order chi connectivity index (χ0) is 18.4. The summed E-state index contributed by atoms with van der Waals surface area (Å²) in [5.41, 5.74) is 2.41. The number of sulfone groups is 1. The SMILES string of the molecule is CC1(N=Nc2c(O)[nH]c3ccc(-c4ccccc4)cc23)CCS(=O)(=O)C1. The molecule has 1 fully saturated rings. The van der Waals surface area contributed by atoms with Crippen LogP contribution < -0.4 is 0 Å². The predicted octanol–water partition coefficient (Wildman–Crippen LogP) is 4.20. The fourth-order valence-corrected chi connectivity index (χ4v) is 5.36. The van der Waals surface area contributed by atoms with E-state index in [0.717, 1.165) is 22.0 Å². The van der Waals surface area contributed by atoms with Crippen molar-refractivity contribution in [2.24, 2.45) is 10.2 Å². The largest absolute Gasteiger partial charge is 0.493 e. The second-order valence-electron chi connectivity index (χ2n) is 6.99. The van der Waals surface area contributed by atoms with Gasteiger partial charge >= 0.3 is 0 Å². The van der Waals surface area contributed by atoms with Crippen LogP contribution in [0.3, 0.4) is 0 Å². The number of benzene rings is 2. The van der Waals surface area contributed by atoms with Gasteiger partial charge in [0.25, 0.3) is 0 Å². The van der Waals surface area contributed by atoms with Crippen molar-refractivity contribution in [3.8, 4) is 17.0 Å². The minimum absolute atomic E-state index is 0.0120. The molecular weight excluding hydrogens is 350 g/mol. The predicted molar refractivity (Wildman–Crippen MR) is 102 cm³/mol. The van der Waals surface area contributed by atoms with Gasteiger partial charge < -0.3 is 10.1 Å². The van der Waals surface area contributed by atoms with E-state index in [1.165, 1.54) is 0 Å². The molecule has 6 nitrogen and oxygen atoms in total. The lowest BCUT2D eigenvalue weighted by Crippen LogP contribution is -2.22. The molecule has 2 aromatic carbocycles. The van der Waals surface area contributed by atoms with E-state index in [4.69, 9.17) is 0 Å². The van der Waals surface area contributed by atoms with Crippen LogP contribution in [0.2, 0.25) is 0 Å². The van der Waals surface area contributed by atoms with E-state index in [1.807, 2.05) is 48.5 Å². The first-order chi connectivity index (χ1) is 12.4. The highest BCUT2D eigenvalue weighted by Gasteiger charge is 2.38. The van der Waals surface area contributed by atoms with E-state index in [2.05, 4.69) is 15.2 Å². The second-order valence-corrected chi connectivity index (χ2v) is 9.17. The van der Waals surface area contributed by atoms with Gasteiger partial charge in [0.1, 0.15) is 0 Å². The zero-order valence-corrected chi connectivity index (χ0v) is 15.1. The number of nitrogens with zero attached hydrogens (tertiary/aromatic N) is 2. The maximum absolute atomic E-state index is 11.7. The number of fused-ring (bicyclic) bond motifs is 1. The number of azo groups is 1. The molecule has 1 unspecified atom stereocenters. The molecule has 2 heterocycles. The van der Waals surface area contributed by atoms with Crippen LogP contribution in [-0.4, -0.2) is 35.6 Å². The van der Waals surface area contributed by atoms with Gasteiger partial charge in [-0.05, 0) is 36.6 Å². The monoisotopic (exact) mass is 369 g/mol. The van der Waals surface area contributed by atoms with Gasteiger partial charge in [0.15, 0.2) is 15.5 Å². The third-order valence-electron chi connectivity index (χ3n) is 4.73. The molecule has 7 heteroatoms. The summed E-state index contributed by atoms with van der Waals surface area (Å²) in [5, 5.41) is 19.5. The first kappa shape index (κ1) is 16.8. The molecule has 0 radical (unpaired) electrons. The lowest BCUT2D eigenvalue weighted by molar-refractivity contribution is 0.457. The molecule has 26 heavy (non-hydrogen) atoms. The Balaban J connectivity index is 1.75. The van der Waals surface area contributed by atoms with Gasteiger partial charge in [-0.15, -0.1) is 5.11 Å². The number of aromatic amines is 1. The van der Waals surface area contributed by atoms with E-state index in [9.17, 15) is 13.5 Å². The summed E-state index contributed by atoms with van der Waals surface area (Å²) in [6, 6.07) is 15.7. The van der Waals surface area contributed by atoms with Crippen molar-refractivity contribution in [1.29, 1.82) is 0 Å². The Morgan fingerprint density at radius 2 is 1.88 bits per heavy atom. The summed E-state index contributed by atoms with van der Waals surface area (Å²) in [6.07, 6.45) is 0.442. The number of aromatic hydroxyl groups is 1. The second kappa shape index (κ2) is 5.95. The highest BCUT2D eigenvalue weighted by Crippen LogP contribution is 2.39. The average molecular weight is 369 g/mol. The number of H-pyrrole nitrogens is 1. The Morgan fingerprint density at radius 3 is 2.58 bits per heavy atom. The lowest BCUT2D eigenvalue weighted by atomic mass is 10.0. The standard InChI is InChI=1S/C19H19N3O3S/c1-19(9-10-26(24,25)12-19)22-21-17-15-11-14(13-5-3-2-4-6-13)7-8-16(15)20-18(17)23/h2-8,11,20,23H,9-10,12H2,1H3. The molecule has 0 saturated carbocycles. The summed E-state index contributed by atoms with van der Waals surface area (Å²) in [5.74, 6) is 0.0426. The molecule has 1 aliphatic rings. The lowest BCUT2D eigenvalue weighted by Gasteiger charge is -2.13. The van der Waals surface area contributed by atoms with Gasteiger partial charge in [0.2, 0.25) is 5.88 Å². The van der Waals surface area contributed by atoms with Crippen LogP contribution in [0.1, 0.15) is 13.3 Å². The third kappa shape index (κ3) is 3.10. The highest BCUT2D eigenvalue weighted by atomic mass is 32.2. The van der Waals surface area contributed by atoms with Crippen molar-refractivity contribution >= 4 is 26.4 Å². The van der Waals surface area contributed by atoms with Gasteiger partial charge in [-0.3, -0.25) is 0 Å². The molecule has 4 rings (SSSR count). The van der Waals surface area contributed by atoms with E-state index < -0.39 is 15.4 Å². The number of hydrogen-bond acceptors (Lipinski definition) is 5. The van der Waals surface area contributed by atoms with Crippen LogP contribution in [0.4, 0.5) is 5.69 Å². The fourth-order valence-electron chi connectivity index (χ4n) is 3.32. The number of nitrogens with one attached hydrogen (secondary N) is 1. The van der Waals surface area contributed by atoms with Crippen molar-refractivity contribution in [3.63, 3.8) is 0 Å².